The molecule has 0 radical (unpaired) electrons. The van der Waals surface area contributed by atoms with Crippen molar-refractivity contribution in [2.24, 2.45) is 0 Å². The maximum Gasteiger partial charge on any atom is 0.433 e. The van der Waals surface area contributed by atoms with Crippen LogP contribution in [-0.2, 0) is 28.1 Å². The second kappa shape index (κ2) is 15.9. The maximum atomic E-state index is 12.2. The quantitative estimate of drug-likeness (QED) is 0.230. The molecule has 1 saturated heterocycles. The molecule has 1 fully saturated rings. The lowest BCUT2D eigenvalue weighted by atomic mass is 10.1. The van der Waals surface area contributed by atoms with E-state index in [1.807, 2.05) is 20.8 Å². The van der Waals surface area contributed by atoms with Gasteiger partial charge in [0.05, 0.1) is 29.4 Å². The number of aryl methyl sites for hydroxylation is 1. The van der Waals surface area contributed by atoms with Gasteiger partial charge in [0, 0.05) is 12.7 Å². The fourth-order valence-corrected chi connectivity index (χ4v) is 3.25. The van der Waals surface area contributed by atoms with Gasteiger partial charge in [-0.25, -0.2) is 4.79 Å². The molecule has 3 rings (SSSR count). The highest BCUT2D eigenvalue weighted by Gasteiger charge is 2.36. The number of carbonyl (C=O) groups excluding carboxylic acids is 2. The Morgan fingerprint density at radius 3 is 1.79 bits per heavy atom. The largest absolute Gasteiger partial charge is 0.444 e. The molecule has 42 heavy (non-hydrogen) atoms. The van der Waals surface area contributed by atoms with Gasteiger partial charge in [-0.3, -0.25) is 14.3 Å². The number of aromatic nitrogens is 1. The van der Waals surface area contributed by atoms with E-state index in [4.69, 9.17) is 16.3 Å². The molecular weight excluding hydrogens is 614 g/mol. The van der Waals surface area contributed by atoms with E-state index in [0.717, 1.165) is 37.5 Å². The summed E-state index contributed by atoms with van der Waals surface area (Å²) in [5.41, 5.74) is -4.06. The summed E-state index contributed by atoms with van der Waals surface area (Å²) in [5, 5.41) is 0.193. The fraction of sp³-hybridized carbons (Fsp3) is 0.500. The molecule has 2 heterocycles. The number of nitrogens with zero attached hydrogens (tertiary/aromatic N) is 2. The number of pyridine rings is 1. The molecule has 0 saturated carbocycles. The van der Waals surface area contributed by atoms with Gasteiger partial charge in [0.1, 0.15) is 17.6 Å². The van der Waals surface area contributed by atoms with Crippen LogP contribution in [0.15, 0.2) is 36.5 Å². The summed E-state index contributed by atoms with van der Waals surface area (Å²) in [7, 11) is 0.500. The Kier molecular flexibility index (Phi) is 14.8. The summed E-state index contributed by atoms with van der Waals surface area (Å²) in [6.45, 7) is 7.26. The molecule has 1 aliphatic heterocycles. The first-order valence-corrected chi connectivity index (χ1v) is 12.2. The molecular formula is C26H29ClF10N2O3. The van der Waals surface area contributed by atoms with Crippen LogP contribution in [0.2, 0.25) is 5.02 Å². The monoisotopic (exact) mass is 642 g/mol. The van der Waals surface area contributed by atoms with E-state index in [9.17, 15) is 53.5 Å². The molecule has 5 nitrogen and oxygen atoms in total. The van der Waals surface area contributed by atoms with Crippen LogP contribution in [0.5, 0.6) is 0 Å². The van der Waals surface area contributed by atoms with Crippen molar-refractivity contribution in [1.29, 1.82) is 0 Å². The lowest BCUT2D eigenvalue weighted by molar-refractivity contribution is -0.143. The first-order chi connectivity index (χ1) is 19.0. The number of ether oxygens (including phenoxy) is 1. The number of halogens is 11. The second-order valence-corrected chi connectivity index (χ2v) is 9.90. The predicted molar refractivity (Wildman–Crippen MR) is 134 cm³/mol. The van der Waals surface area contributed by atoms with Crippen molar-refractivity contribution in [3.8, 4) is 0 Å². The zero-order valence-corrected chi connectivity index (χ0v) is 23.8. The third kappa shape index (κ3) is 14.2. The minimum absolute atomic E-state index is 0.0721. The first kappa shape index (κ1) is 38.9. The molecule has 1 atom stereocenters. The lowest BCUT2D eigenvalue weighted by Gasteiger charge is -2.26. The van der Waals surface area contributed by atoms with E-state index < -0.39 is 41.0 Å². The first-order valence-electron chi connectivity index (χ1n) is 11.8. The predicted octanol–water partition coefficient (Wildman–Crippen LogP) is 8.96. The van der Waals surface area contributed by atoms with E-state index in [2.05, 4.69) is 4.98 Å². The van der Waals surface area contributed by atoms with Crippen molar-refractivity contribution < 1.29 is 58.2 Å². The summed E-state index contributed by atoms with van der Waals surface area (Å²) in [5.74, 6) is 0. The van der Waals surface area contributed by atoms with Crippen LogP contribution in [0.3, 0.4) is 0 Å². The molecule has 0 bridgehead atoms. The van der Waals surface area contributed by atoms with Gasteiger partial charge in [-0.05, 0) is 76.4 Å². The van der Waals surface area contributed by atoms with Crippen LogP contribution in [0.4, 0.5) is 48.7 Å². The van der Waals surface area contributed by atoms with Crippen molar-refractivity contribution in [2.45, 2.75) is 70.7 Å². The Morgan fingerprint density at radius 1 is 0.929 bits per heavy atom. The number of likely N-dealkylation sites (tertiary alicyclic amines) is 1. The zero-order chi connectivity index (χ0) is 33.1. The number of alkyl halides is 10. The van der Waals surface area contributed by atoms with Gasteiger partial charge in [-0.2, -0.15) is 39.5 Å². The maximum absolute atomic E-state index is 12.2. The van der Waals surface area contributed by atoms with E-state index in [1.165, 1.54) is 11.8 Å². The van der Waals surface area contributed by atoms with Gasteiger partial charge >= 0.3 is 24.6 Å². The fourth-order valence-electron chi connectivity index (χ4n) is 3.14. The number of hydrogen-bond donors (Lipinski definition) is 0. The molecule has 238 valence electrons. The van der Waals surface area contributed by atoms with Crippen molar-refractivity contribution in [3.05, 3.63) is 63.9 Å². The Balaban J connectivity index is 0.000000589. The minimum Gasteiger partial charge on any atom is -0.444 e. The summed E-state index contributed by atoms with van der Waals surface area (Å²) >= 11 is 5.33. The van der Waals surface area contributed by atoms with Crippen LogP contribution < -0.4 is 0 Å². The third-order valence-corrected chi connectivity index (χ3v) is 5.06. The smallest absolute Gasteiger partial charge is 0.433 e. The molecule has 1 aliphatic rings. The Morgan fingerprint density at radius 2 is 1.43 bits per heavy atom. The van der Waals surface area contributed by atoms with Gasteiger partial charge in [-0.1, -0.05) is 11.6 Å². The molecule has 2 aromatic rings. The van der Waals surface area contributed by atoms with E-state index in [0.29, 0.717) is 25.9 Å². The Labute approximate surface area is 240 Å². The average Bonchev–Trinajstić information content (AvgIpc) is 3.33. The topological polar surface area (TPSA) is 59.5 Å². The third-order valence-electron chi connectivity index (χ3n) is 4.83. The number of rotatable bonds is 1. The van der Waals surface area contributed by atoms with E-state index in [-0.39, 0.29) is 28.8 Å². The number of carbonyl (C=O) groups is 2. The number of hydrogen-bond acceptors (Lipinski definition) is 4. The number of benzene rings is 1. The van der Waals surface area contributed by atoms with Gasteiger partial charge in [0.25, 0.3) is 0 Å². The second-order valence-electron chi connectivity index (χ2n) is 9.46. The highest BCUT2D eigenvalue weighted by molar-refractivity contribution is 6.30. The number of aldehydes is 1. The van der Waals surface area contributed by atoms with Gasteiger partial charge in [-0.15, -0.1) is 0 Å². The summed E-state index contributed by atoms with van der Waals surface area (Å²) in [6.07, 6.45) is -10.9. The molecule has 0 spiro atoms. The van der Waals surface area contributed by atoms with E-state index in [1.54, 1.807) is 0 Å². The molecule has 0 N–H and O–H groups in total. The van der Waals surface area contributed by atoms with Crippen molar-refractivity contribution >= 4 is 24.0 Å². The molecule has 1 amide bonds. The van der Waals surface area contributed by atoms with Gasteiger partial charge < -0.3 is 9.53 Å². The van der Waals surface area contributed by atoms with Gasteiger partial charge in [0.2, 0.25) is 0 Å². The zero-order valence-electron chi connectivity index (χ0n) is 23.0. The molecule has 0 aliphatic carbocycles. The summed E-state index contributed by atoms with van der Waals surface area (Å²) < 4.78 is 123. The summed E-state index contributed by atoms with van der Waals surface area (Å²) in [4.78, 5) is 26.8. The average molecular weight is 643 g/mol. The SMILES string of the molecule is CC(C)(C)OC(=O)N1CCCC1C=O.CF.Cc1cc(C(F)(F)F)cc(C(F)(F)F)c1.FC(F)(F)c1ccc(Cl)cn1. The molecule has 1 unspecified atom stereocenters. The van der Waals surface area contributed by atoms with Crippen LogP contribution >= 0.6 is 11.6 Å². The number of amides is 1. The minimum atomic E-state index is -4.76. The van der Waals surface area contributed by atoms with Crippen molar-refractivity contribution in [3.63, 3.8) is 0 Å². The Bertz CT molecular complexity index is 1100. The van der Waals surface area contributed by atoms with Crippen LogP contribution in [0.1, 0.15) is 56.0 Å². The standard InChI is InChI=1S/C10H17NO3.C9H6F6.C6H3ClF3N.CH3F/c1-10(2,3)14-9(13)11-6-4-5-8(11)7-12;1-5-2-6(8(10,11)12)4-7(3-5)9(13,14)15;7-4-1-2-5(11-3-4)6(8,9)10;1-2/h7-8H,4-6H2,1-3H3;2-4H,1H3;1-3H;1H3. The van der Waals surface area contributed by atoms with E-state index >= 15 is 0 Å². The summed E-state index contributed by atoms with van der Waals surface area (Å²) in [6, 6.07) is 3.15. The van der Waals surface area contributed by atoms with Crippen LogP contribution in [0, 0.1) is 6.92 Å². The van der Waals surface area contributed by atoms with Crippen LogP contribution in [0.25, 0.3) is 0 Å². The van der Waals surface area contributed by atoms with Crippen molar-refractivity contribution in [1.82, 2.24) is 9.88 Å². The highest BCUT2D eigenvalue weighted by atomic mass is 35.5. The molecule has 1 aromatic carbocycles. The highest BCUT2D eigenvalue weighted by Crippen LogP contribution is 2.36. The van der Waals surface area contributed by atoms with Gasteiger partial charge in [0.15, 0.2) is 0 Å². The van der Waals surface area contributed by atoms with Crippen molar-refractivity contribution in [2.75, 3.05) is 13.7 Å². The molecule has 1 aromatic heterocycles. The Hall–Kier alpha value is -3.10. The molecule has 16 heteroatoms. The normalized spacial score (nSPS) is 15.2. The lowest BCUT2D eigenvalue weighted by Crippen LogP contribution is -2.40. The van der Waals surface area contributed by atoms with Crippen LogP contribution in [-0.4, -0.2) is 47.6 Å².